The van der Waals surface area contributed by atoms with Gasteiger partial charge in [0, 0.05) is 6.61 Å². The predicted octanol–water partition coefficient (Wildman–Crippen LogP) is 2.57. The minimum absolute atomic E-state index is 0.0159. The molecule has 4 heteroatoms. The van der Waals surface area contributed by atoms with Crippen LogP contribution in [0.15, 0.2) is 60.7 Å². The van der Waals surface area contributed by atoms with E-state index >= 15 is 0 Å². The molecule has 3 nitrogen and oxygen atoms in total. The highest BCUT2D eigenvalue weighted by Crippen LogP contribution is 2.30. The molecule has 0 aromatic heterocycles. The first-order chi connectivity index (χ1) is 9.65. The highest BCUT2D eigenvalue weighted by atomic mass is 32.2. The van der Waals surface area contributed by atoms with Crippen LogP contribution in [0.3, 0.4) is 0 Å². The summed E-state index contributed by atoms with van der Waals surface area (Å²) in [4.78, 5) is 0. The fraction of sp³-hybridized carbons (Fsp3) is 0.250. The standard InChI is InChI=1S/C16H18O3S/c17-12-7-13-20(18,19)16(14-8-3-1-4-9-14)15-10-5-2-6-11-15/h1-6,8-11,16-17H,7,12-13H2. The third-order valence-electron chi connectivity index (χ3n) is 3.15. The van der Waals surface area contributed by atoms with Crippen LogP contribution in [0.25, 0.3) is 0 Å². The van der Waals surface area contributed by atoms with E-state index in [4.69, 9.17) is 5.11 Å². The SMILES string of the molecule is O=S(=O)(CCCO)C(c1ccccc1)c1ccccc1. The van der Waals surface area contributed by atoms with E-state index in [2.05, 4.69) is 0 Å². The van der Waals surface area contributed by atoms with E-state index in [0.717, 1.165) is 11.1 Å². The molecule has 0 fully saturated rings. The van der Waals surface area contributed by atoms with Gasteiger partial charge in [-0.05, 0) is 17.5 Å². The van der Waals surface area contributed by atoms with Crippen molar-refractivity contribution in [3.05, 3.63) is 71.8 Å². The Labute approximate surface area is 119 Å². The van der Waals surface area contributed by atoms with Crippen LogP contribution in [0.5, 0.6) is 0 Å². The van der Waals surface area contributed by atoms with E-state index in [1.54, 1.807) is 0 Å². The zero-order valence-corrected chi connectivity index (χ0v) is 12.0. The van der Waals surface area contributed by atoms with E-state index in [1.165, 1.54) is 0 Å². The molecule has 2 aromatic carbocycles. The van der Waals surface area contributed by atoms with Gasteiger partial charge in [-0.2, -0.15) is 0 Å². The maximum absolute atomic E-state index is 12.6. The Bertz CT molecular complexity index is 582. The smallest absolute Gasteiger partial charge is 0.161 e. The van der Waals surface area contributed by atoms with Gasteiger partial charge in [0.2, 0.25) is 0 Å². The summed E-state index contributed by atoms with van der Waals surface area (Å²) >= 11 is 0. The van der Waals surface area contributed by atoms with Gasteiger partial charge in [0.1, 0.15) is 5.25 Å². The zero-order chi connectivity index (χ0) is 14.4. The van der Waals surface area contributed by atoms with Crippen LogP contribution in [-0.4, -0.2) is 25.9 Å². The molecule has 0 atom stereocenters. The normalized spacial score (nSPS) is 11.7. The van der Waals surface area contributed by atoms with Crippen molar-refractivity contribution in [1.82, 2.24) is 0 Å². The van der Waals surface area contributed by atoms with Gasteiger partial charge in [0.15, 0.2) is 9.84 Å². The molecular weight excluding hydrogens is 272 g/mol. The Morgan fingerprint density at radius 2 is 1.30 bits per heavy atom. The van der Waals surface area contributed by atoms with Crippen molar-refractivity contribution in [1.29, 1.82) is 0 Å². The molecule has 0 radical (unpaired) electrons. The van der Waals surface area contributed by atoms with Gasteiger partial charge in [-0.1, -0.05) is 60.7 Å². The van der Waals surface area contributed by atoms with E-state index in [-0.39, 0.29) is 18.8 Å². The Hall–Kier alpha value is -1.65. The highest BCUT2D eigenvalue weighted by molar-refractivity contribution is 7.91. The molecule has 0 aliphatic heterocycles. The van der Waals surface area contributed by atoms with Crippen molar-refractivity contribution in [3.8, 4) is 0 Å². The first-order valence-corrected chi connectivity index (χ1v) is 8.29. The second kappa shape index (κ2) is 6.68. The summed E-state index contributed by atoms with van der Waals surface area (Å²) in [6.45, 7) is -0.116. The van der Waals surface area contributed by atoms with Gasteiger partial charge in [0.05, 0.1) is 5.75 Å². The van der Waals surface area contributed by atoms with E-state index in [9.17, 15) is 8.42 Å². The number of benzene rings is 2. The van der Waals surface area contributed by atoms with Gasteiger partial charge in [-0.15, -0.1) is 0 Å². The lowest BCUT2D eigenvalue weighted by molar-refractivity contribution is 0.295. The number of aliphatic hydroxyl groups excluding tert-OH is 1. The van der Waals surface area contributed by atoms with Gasteiger partial charge >= 0.3 is 0 Å². The van der Waals surface area contributed by atoms with Gasteiger partial charge < -0.3 is 5.11 Å². The topological polar surface area (TPSA) is 54.4 Å². The molecule has 0 amide bonds. The van der Waals surface area contributed by atoms with Crippen LogP contribution >= 0.6 is 0 Å². The maximum atomic E-state index is 12.6. The molecule has 0 heterocycles. The van der Waals surface area contributed by atoms with Crippen LogP contribution < -0.4 is 0 Å². The van der Waals surface area contributed by atoms with Crippen molar-refractivity contribution in [2.45, 2.75) is 11.7 Å². The predicted molar refractivity (Wildman–Crippen MR) is 80.2 cm³/mol. The Morgan fingerprint density at radius 1 is 0.850 bits per heavy atom. The largest absolute Gasteiger partial charge is 0.396 e. The van der Waals surface area contributed by atoms with E-state index in [1.807, 2.05) is 60.7 Å². The quantitative estimate of drug-likeness (QED) is 0.889. The molecule has 0 saturated heterocycles. The summed E-state index contributed by atoms with van der Waals surface area (Å²) in [5.74, 6) is -0.0159. The van der Waals surface area contributed by atoms with Crippen LogP contribution in [-0.2, 0) is 9.84 Å². The molecule has 2 rings (SSSR count). The highest BCUT2D eigenvalue weighted by Gasteiger charge is 2.28. The lowest BCUT2D eigenvalue weighted by Crippen LogP contribution is -2.19. The molecule has 106 valence electrons. The monoisotopic (exact) mass is 290 g/mol. The summed E-state index contributed by atoms with van der Waals surface area (Å²) in [6, 6.07) is 18.4. The summed E-state index contributed by atoms with van der Waals surface area (Å²) in [7, 11) is -3.35. The fourth-order valence-corrected chi connectivity index (χ4v) is 4.16. The van der Waals surface area contributed by atoms with Crippen molar-refractivity contribution in [2.75, 3.05) is 12.4 Å². The Morgan fingerprint density at radius 3 is 1.70 bits per heavy atom. The summed E-state index contributed by atoms with van der Waals surface area (Å²) < 4.78 is 25.2. The minimum Gasteiger partial charge on any atom is -0.396 e. The number of aliphatic hydroxyl groups is 1. The summed E-state index contributed by atoms with van der Waals surface area (Å²) in [6.07, 6.45) is 0.262. The number of hydrogen-bond donors (Lipinski definition) is 1. The van der Waals surface area contributed by atoms with Crippen molar-refractivity contribution < 1.29 is 13.5 Å². The van der Waals surface area contributed by atoms with Crippen molar-refractivity contribution in [3.63, 3.8) is 0 Å². The molecule has 0 spiro atoms. The molecule has 1 N–H and O–H groups in total. The first kappa shape index (κ1) is 14.8. The van der Waals surface area contributed by atoms with Crippen molar-refractivity contribution >= 4 is 9.84 Å². The van der Waals surface area contributed by atoms with Crippen LogP contribution in [0, 0.1) is 0 Å². The Kier molecular flexibility index (Phi) is 4.93. The average Bonchev–Trinajstić information content (AvgIpc) is 2.47. The van der Waals surface area contributed by atoms with Crippen LogP contribution in [0.2, 0.25) is 0 Å². The second-order valence-corrected chi connectivity index (χ2v) is 6.85. The molecule has 0 aliphatic carbocycles. The Balaban J connectivity index is 2.46. The third-order valence-corrected chi connectivity index (χ3v) is 5.27. The van der Waals surface area contributed by atoms with Crippen molar-refractivity contribution in [2.24, 2.45) is 0 Å². The van der Waals surface area contributed by atoms with Crippen LogP contribution in [0.4, 0.5) is 0 Å². The molecule has 20 heavy (non-hydrogen) atoms. The lowest BCUT2D eigenvalue weighted by atomic mass is 10.0. The van der Waals surface area contributed by atoms with Gasteiger partial charge in [-0.3, -0.25) is 0 Å². The van der Waals surface area contributed by atoms with Crippen LogP contribution in [0.1, 0.15) is 22.8 Å². The summed E-state index contributed by atoms with van der Waals surface area (Å²) in [5.41, 5.74) is 1.52. The summed E-state index contributed by atoms with van der Waals surface area (Å²) in [5, 5.41) is 8.22. The third kappa shape index (κ3) is 3.46. The molecule has 0 unspecified atom stereocenters. The molecule has 2 aromatic rings. The maximum Gasteiger partial charge on any atom is 0.161 e. The minimum atomic E-state index is -3.35. The zero-order valence-electron chi connectivity index (χ0n) is 11.1. The fourth-order valence-electron chi connectivity index (χ4n) is 2.25. The number of rotatable bonds is 6. The lowest BCUT2D eigenvalue weighted by Gasteiger charge is -2.18. The number of sulfone groups is 1. The van der Waals surface area contributed by atoms with Gasteiger partial charge in [-0.25, -0.2) is 8.42 Å². The van der Waals surface area contributed by atoms with E-state index < -0.39 is 15.1 Å². The first-order valence-electron chi connectivity index (χ1n) is 6.57. The molecule has 0 bridgehead atoms. The molecular formula is C16H18O3S. The average molecular weight is 290 g/mol. The van der Waals surface area contributed by atoms with Gasteiger partial charge in [0.25, 0.3) is 0 Å². The molecule has 0 saturated carbocycles. The molecule has 0 aliphatic rings. The number of hydrogen-bond acceptors (Lipinski definition) is 3. The second-order valence-electron chi connectivity index (χ2n) is 4.65. The van der Waals surface area contributed by atoms with E-state index in [0.29, 0.717) is 0 Å².